The first-order valence-electron chi connectivity index (χ1n) is 8.11. The van der Waals surface area contributed by atoms with Crippen LogP contribution < -0.4 is 0 Å². The average molecular weight is 236 g/mol. The molecule has 2 rings (SSSR count). The SMILES string of the molecule is CCC(C)CC(C)C1CCC2C(C)CCC2C1. The number of hydrogen-bond donors (Lipinski definition) is 0. The van der Waals surface area contributed by atoms with E-state index in [1.165, 1.54) is 25.7 Å². The molecule has 2 saturated carbocycles. The zero-order chi connectivity index (χ0) is 12.4. The summed E-state index contributed by atoms with van der Waals surface area (Å²) < 4.78 is 0. The lowest BCUT2D eigenvalue weighted by Gasteiger charge is -2.37. The van der Waals surface area contributed by atoms with Gasteiger partial charge in [-0.3, -0.25) is 0 Å². The highest BCUT2D eigenvalue weighted by Crippen LogP contribution is 2.49. The third-order valence-corrected chi connectivity index (χ3v) is 6.08. The summed E-state index contributed by atoms with van der Waals surface area (Å²) in [6.45, 7) is 9.79. The molecule has 0 heterocycles. The first kappa shape index (κ1) is 13.4. The fourth-order valence-corrected chi connectivity index (χ4v) is 4.61. The molecule has 0 aromatic carbocycles. The Morgan fingerprint density at radius 2 is 1.82 bits per heavy atom. The Labute approximate surface area is 109 Å². The van der Waals surface area contributed by atoms with Crippen LogP contribution in [0.25, 0.3) is 0 Å². The van der Waals surface area contributed by atoms with Crippen molar-refractivity contribution in [2.24, 2.45) is 35.5 Å². The molecule has 17 heavy (non-hydrogen) atoms. The monoisotopic (exact) mass is 236 g/mol. The average Bonchev–Trinajstić information content (AvgIpc) is 2.70. The lowest BCUT2D eigenvalue weighted by atomic mass is 9.68. The number of fused-ring (bicyclic) bond motifs is 1. The minimum absolute atomic E-state index is 0.935. The maximum Gasteiger partial charge on any atom is -0.0360 e. The van der Waals surface area contributed by atoms with Gasteiger partial charge in [-0.1, -0.05) is 40.5 Å². The molecule has 0 saturated heterocycles. The van der Waals surface area contributed by atoms with Crippen LogP contribution in [0.1, 0.15) is 72.6 Å². The van der Waals surface area contributed by atoms with Crippen LogP contribution in [-0.4, -0.2) is 0 Å². The largest absolute Gasteiger partial charge is 0.0651 e. The van der Waals surface area contributed by atoms with E-state index >= 15 is 0 Å². The molecule has 2 aliphatic carbocycles. The van der Waals surface area contributed by atoms with Crippen molar-refractivity contribution in [3.8, 4) is 0 Å². The minimum atomic E-state index is 0.935. The summed E-state index contributed by atoms with van der Waals surface area (Å²) in [5.41, 5.74) is 0. The van der Waals surface area contributed by atoms with Gasteiger partial charge in [-0.2, -0.15) is 0 Å². The van der Waals surface area contributed by atoms with Gasteiger partial charge in [-0.15, -0.1) is 0 Å². The van der Waals surface area contributed by atoms with Crippen LogP contribution in [0.4, 0.5) is 0 Å². The van der Waals surface area contributed by atoms with Crippen LogP contribution in [0, 0.1) is 35.5 Å². The normalized spacial score (nSPS) is 40.9. The summed E-state index contributed by atoms with van der Waals surface area (Å²) in [6.07, 6.45) is 10.5. The van der Waals surface area contributed by atoms with Crippen LogP contribution in [0.5, 0.6) is 0 Å². The fourth-order valence-electron chi connectivity index (χ4n) is 4.61. The third-order valence-electron chi connectivity index (χ3n) is 6.08. The Kier molecular flexibility index (Phi) is 4.55. The summed E-state index contributed by atoms with van der Waals surface area (Å²) in [7, 11) is 0. The molecule has 2 fully saturated rings. The van der Waals surface area contributed by atoms with E-state index in [9.17, 15) is 0 Å². The predicted octanol–water partition coefficient (Wildman–Crippen LogP) is 5.52. The van der Waals surface area contributed by atoms with Gasteiger partial charge in [-0.05, 0) is 67.6 Å². The van der Waals surface area contributed by atoms with Crippen LogP contribution in [-0.2, 0) is 0 Å². The van der Waals surface area contributed by atoms with Gasteiger partial charge in [0.1, 0.15) is 0 Å². The van der Waals surface area contributed by atoms with Crippen LogP contribution in [0.3, 0.4) is 0 Å². The summed E-state index contributed by atoms with van der Waals surface area (Å²) in [5.74, 6) is 6.19. The van der Waals surface area contributed by atoms with Gasteiger partial charge in [0.05, 0.1) is 0 Å². The standard InChI is InChI=1S/C17H32/c1-5-12(2)10-14(4)15-8-9-17-13(3)6-7-16(17)11-15/h12-17H,5-11H2,1-4H3. The minimum Gasteiger partial charge on any atom is -0.0651 e. The summed E-state index contributed by atoms with van der Waals surface area (Å²) >= 11 is 0. The molecule has 0 heteroatoms. The molecule has 0 aliphatic heterocycles. The molecular formula is C17H32. The lowest BCUT2D eigenvalue weighted by molar-refractivity contribution is 0.133. The molecule has 0 nitrogen and oxygen atoms in total. The van der Waals surface area contributed by atoms with E-state index < -0.39 is 0 Å². The van der Waals surface area contributed by atoms with Crippen LogP contribution in [0.15, 0.2) is 0 Å². The van der Waals surface area contributed by atoms with Gasteiger partial charge in [0.2, 0.25) is 0 Å². The van der Waals surface area contributed by atoms with E-state index in [4.69, 9.17) is 0 Å². The maximum absolute atomic E-state index is 2.52. The van der Waals surface area contributed by atoms with Crippen molar-refractivity contribution < 1.29 is 0 Å². The van der Waals surface area contributed by atoms with Crippen molar-refractivity contribution in [1.29, 1.82) is 0 Å². The molecule has 0 radical (unpaired) electrons. The smallest absolute Gasteiger partial charge is 0.0360 e. The first-order chi connectivity index (χ1) is 8.11. The van der Waals surface area contributed by atoms with Crippen molar-refractivity contribution in [3.05, 3.63) is 0 Å². The van der Waals surface area contributed by atoms with E-state index in [0.717, 1.165) is 35.5 Å². The zero-order valence-corrected chi connectivity index (χ0v) is 12.4. The second kappa shape index (κ2) is 5.76. The van der Waals surface area contributed by atoms with E-state index in [1.54, 1.807) is 19.3 Å². The molecule has 0 amide bonds. The topological polar surface area (TPSA) is 0 Å². The summed E-state index contributed by atoms with van der Waals surface area (Å²) in [6, 6.07) is 0. The molecule has 0 bridgehead atoms. The molecule has 0 aromatic rings. The van der Waals surface area contributed by atoms with Gasteiger partial charge in [-0.25, -0.2) is 0 Å². The molecule has 6 unspecified atom stereocenters. The summed E-state index contributed by atoms with van der Waals surface area (Å²) in [5, 5.41) is 0. The fraction of sp³-hybridized carbons (Fsp3) is 1.00. The Bertz CT molecular complexity index is 232. The first-order valence-corrected chi connectivity index (χ1v) is 8.11. The Morgan fingerprint density at radius 3 is 2.53 bits per heavy atom. The molecule has 6 atom stereocenters. The van der Waals surface area contributed by atoms with Crippen molar-refractivity contribution in [2.45, 2.75) is 72.6 Å². The van der Waals surface area contributed by atoms with Crippen molar-refractivity contribution in [2.75, 3.05) is 0 Å². The van der Waals surface area contributed by atoms with Gasteiger partial charge in [0.25, 0.3) is 0 Å². The molecule has 100 valence electrons. The second-order valence-corrected chi connectivity index (χ2v) is 7.28. The number of rotatable bonds is 4. The van der Waals surface area contributed by atoms with Gasteiger partial charge < -0.3 is 0 Å². The van der Waals surface area contributed by atoms with E-state index in [1.807, 2.05) is 0 Å². The molecular weight excluding hydrogens is 204 g/mol. The second-order valence-electron chi connectivity index (χ2n) is 7.28. The zero-order valence-electron chi connectivity index (χ0n) is 12.4. The molecule has 2 aliphatic rings. The van der Waals surface area contributed by atoms with Crippen molar-refractivity contribution >= 4 is 0 Å². The molecule has 0 spiro atoms. The van der Waals surface area contributed by atoms with Gasteiger partial charge >= 0.3 is 0 Å². The van der Waals surface area contributed by atoms with Gasteiger partial charge in [0.15, 0.2) is 0 Å². The molecule has 0 aromatic heterocycles. The number of hydrogen-bond acceptors (Lipinski definition) is 0. The quantitative estimate of drug-likeness (QED) is 0.603. The maximum atomic E-state index is 2.52. The Balaban J connectivity index is 1.84. The van der Waals surface area contributed by atoms with Crippen molar-refractivity contribution in [3.63, 3.8) is 0 Å². The van der Waals surface area contributed by atoms with Crippen LogP contribution in [0.2, 0.25) is 0 Å². The van der Waals surface area contributed by atoms with E-state index in [-0.39, 0.29) is 0 Å². The highest BCUT2D eigenvalue weighted by molar-refractivity contribution is 4.89. The van der Waals surface area contributed by atoms with Crippen LogP contribution >= 0.6 is 0 Å². The van der Waals surface area contributed by atoms with Crippen molar-refractivity contribution in [1.82, 2.24) is 0 Å². The Morgan fingerprint density at radius 1 is 1.06 bits per heavy atom. The third kappa shape index (κ3) is 3.06. The van der Waals surface area contributed by atoms with E-state index in [0.29, 0.717) is 0 Å². The van der Waals surface area contributed by atoms with Gasteiger partial charge in [0, 0.05) is 0 Å². The summed E-state index contributed by atoms with van der Waals surface area (Å²) in [4.78, 5) is 0. The lowest BCUT2D eigenvalue weighted by Crippen LogP contribution is -2.27. The van der Waals surface area contributed by atoms with E-state index in [2.05, 4.69) is 27.7 Å². The highest BCUT2D eigenvalue weighted by Gasteiger charge is 2.39. The molecule has 0 N–H and O–H groups in total. The Hall–Kier alpha value is 0. The predicted molar refractivity (Wildman–Crippen MR) is 76.0 cm³/mol. The highest BCUT2D eigenvalue weighted by atomic mass is 14.4.